The number of carboxylic acids is 1. The second kappa shape index (κ2) is 13.0. The molecular weight excluding hydrogens is 680 g/mol. The highest BCUT2D eigenvalue weighted by Crippen LogP contribution is 2.74. The van der Waals surface area contributed by atoms with Crippen molar-refractivity contribution < 1.29 is 34.0 Å². The van der Waals surface area contributed by atoms with Crippen molar-refractivity contribution in [1.82, 2.24) is 0 Å². The number of aliphatic carboxylic acids is 1. The lowest BCUT2D eigenvalue weighted by molar-refractivity contribution is -0.177. The summed E-state index contributed by atoms with van der Waals surface area (Å²) in [6.45, 7) is 13.5. The van der Waals surface area contributed by atoms with Gasteiger partial charge in [-0.2, -0.15) is 0 Å². The second-order valence-corrected chi connectivity index (χ2v) is 17.6. The third-order valence-corrected chi connectivity index (χ3v) is 14.9. The minimum atomic E-state index is -0.641. The zero-order chi connectivity index (χ0) is 39.0. The van der Waals surface area contributed by atoms with Gasteiger partial charge in [-0.05, 0) is 134 Å². The normalized spacial score (nSPS) is 31.0. The van der Waals surface area contributed by atoms with Crippen molar-refractivity contribution in [1.29, 1.82) is 0 Å². The summed E-state index contributed by atoms with van der Waals surface area (Å²) in [4.78, 5) is 24.4. The first-order valence-corrected chi connectivity index (χ1v) is 19.2. The molecule has 54 heavy (non-hydrogen) atoms. The van der Waals surface area contributed by atoms with Gasteiger partial charge in [-0.15, -0.1) is 0 Å². The van der Waals surface area contributed by atoms with E-state index in [4.69, 9.17) is 13.9 Å². The summed E-state index contributed by atoms with van der Waals surface area (Å²) in [6, 6.07) is 15.8. The van der Waals surface area contributed by atoms with Gasteiger partial charge in [0.1, 0.15) is 22.8 Å². The van der Waals surface area contributed by atoms with Crippen LogP contribution in [0, 0.1) is 34.5 Å². The molecule has 0 spiro atoms. The number of benzene rings is 3. The Morgan fingerprint density at radius 3 is 2.26 bits per heavy atom. The van der Waals surface area contributed by atoms with Crippen molar-refractivity contribution in [3.63, 3.8) is 0 Å². The fraction of sp³-hybridized carbons (Fsp3) is 0.478. The van der Waals surface area contributed by atoms with Gasteiger partial charge in [-0.3, -0.25) is 9.59 Å². The molecule has 1 aromatic heterocycles. The lowest BCUT2D eigenvalue weighted by atomic mass is 9.34. The lowest BCUT2D eigenvalue weighted by Gasteiger charge is -2.69. The van der Waals surface area contributed by atoms with Gasteiger partial charge < -0.3 is 29.2 Å². The maximum Gasteiger partial charge on any atom is 0.309 e. The summed E-state index contributed by atoms with van der Waals surface area (Å²) >= 11 is 0. The number of methoxy groups -OCH3 is 2. The van der Waals surface area contributed by atoms with Crippen LogP contribution < -0.4 is 14.9 Å². The van der Waals surface area contributed by atoms with Gasteiger partial charge in [-0.25, -0.2) is 0 Å². The Kier molecular flexibility index (Phi) is 9.02. The molecule has 3 saturated carbocycles. The van der Waals surface area contributed by atoms with Crippen LogP contribution in [-0.4, -0.2) is 35.5 Å². The maximum absolute atomic E-state index is 12.3. The van der Waals surface area contributed by atoms with E-state index in [0.29, 0.717) is 34.1 Å². The number of allylic oxidation sites excluding steroid dienone is 2. The molecule has 0 bridgehead atoms. The number of hydrogen-bond donors (Lipinski definition) is 3. The lowest BCUT2D eigenvalue weighted by Crippen LogP contribution is -2.62. The summed E-state index contributed by atoms with van der Waals surface area (Å²) in [7, 11) is 3.17. The average molecular weight is 735 g/mol. The van der Waals surface area contributed by atoms with Crippen LogP contribution in [0.1, 0.15) is 96.3 Å². The van der Waals surface area contributed by atoms with Crippen molar-refractivity contribution in [2.45, 2.75) is 98.3 Å². The van der Waals surface area contributed by atoms with E-state index in [1.807, 2.05) is 44.2 Å². The number of hydrogen-bond acceptors (Lipinski definition) is 7. The standard InChI is InChI=1S/C29H40O4.C17H14O4/c1-17-18-7-8-21-27(4,19(18)15-20(30)23(17)31)12-14-29(6)22-16-26(3,24(32)33)10-9-25(22,2)11-13-28(21,29)5;1-19-12-5-3-4-11(8-12)16-10-15(18)14-7-6-13(20-2)9-17(14)21-16/h8,15,22,30-31H,7,9-14,16H2,1-6H3,(H,32,33);3-10H,1-2H3. The molecule has 0 aliphatic heterocycles. The third-order valence-electron chi connectivity index (χ3n) is 14.9. The molecule has 1 heterocycles. The quantitative estimate of drug-likeness (QED) is 0.140. The van der Waals surface area contributed by atoms with Crippen LogP contribution in [0.15, 0.2) is 75.5 Å². The Morgan fingerprint density at radius 1 is 0.852 bits per heavy atom. The van der Waals surface area contributed by atoms with Gasteiger partial charge in [0.15, 0.2) is 16.9 Å². The molecule has 6 atom stereocenters. The molecule has 4 aliphatic carbocycles. The molecule has 8 rings (SSSR count). The van der Waals surface area contributed by atoms with Crippen LogP contribution in [0.2, 0.25) is 0 Å². The molecule has 4 aliphatic rings. The smallest absolute Gasteiger partial charge is 0.309 e. The largest absolute Gasteiger partial charge is 0.504 e. The van der Waals surface area contributed by atoms with Gasteiger partial charge >= 0.3 is 5.97 Å². The zero-order valence-corrected chi connectivity index (χ0v) is 32.9. The van der Waals surface area contributed by atoms with Crippen molar-refractivity contribution >= 4 is 16.9 Å². The summed E-state index contributed by atoms with van der Waals surface area (Å²) in [6.07, 6.45) is 10.0. The first-order chi connectivity index (χ1) is 25.4. The van der Waals surface area contributed by atoms with Crippen molar-refractivity contribution in [3.8, 4) is 34.3 Å². The summed E-state index contributed by atoms with van der Waals surface area (Å²) < 4.78 is 16.2. The topological polar surface area (TPSA) is 126 Å². The average Bonchev–Trinajstić information content (AvgIpc) is 3.16. The van der Waals surface area contributed by atoms with Crippen LogP contribution in [0.4, 0.5) is 0 Å². The predicted octanol–water partition coefficient (Wildman–Crippen LogP) is 10.1. The van der Waals surface area contributed by atoms with Gasteiger partial charge in [0, 0.05) is 23.1 Å². The highest BCUT2D eigenvalue weighted by molar-refractivity contribution is 5.80. The molecular formula is C46H54O8. The van der Waals surface area contributed by atoms with Crippen LogP contribution in [-0.2, 0) is 16.6 Å². The van der Waals surface area contributed by atoms with Crippen LogP contribution in [0.5, 0.6) is 23.0 Å². The molecule has 3 N–H and O–H groups in total. The fourth-order valence-electron chi connectivity index (χ4n) is 11.1. The molecule has 0 saturated heterocycles. The van der Waals surface area contributed by atoms with E-state index in [0.717, 1.165) is 68.1 Å². The number of phenolic OH excluding ortho intramolecular Hbond substituents is 2. The first kappa shape index (κ1) is 37.6. The maximum atomic E-state index is 12.3. The minimum absolute atomic E-state index is 0.00431. The zero-order valence-electron chi connectivity index (χ0n) is 32.9. The number of fused-ring (bicyclic) bond motifs is 8. The highest BCUT2D eigenvalue weighted by atomic mass is 16.5. The molecule has 8 heteroatoms. The highest BCUT2D eigenvalue weighted by Gasteiger charge is 2.67. The molecule has 286 valence electrons. The molecule has 3 fully saturated rings. The second-order valence-electron chi connectivity index (χ2n) is 17.6. The Labute approximate surface area is 317 Å². The summed E-state index contributed by atoms with van der Waals surface area (Å²) in [5.41, 5.74) is 5.21. The van der Waals surface area contributed by atoms with Crippen LogP contribution >= 0.6 is 0 Å². The van der Waals surface area contributed by atoms with Crippen molar-refractivity contribution in [2.75, 3.05) is 14.2 Å². The van der Waals surface area contributed by atoms with E-state index in [-0.39, 0.29) is 38.6 Å². The first-order valence-electron chi connectivity index (χ1n) is 19.2. The van der Waals surface area contributed by atoms with Gasteiger partial charge in [0.05, 0.1) is 25.0 Å². The Bertz CT molecular complexity index is 2250. The number of aromatic hydroxyl groups is 2. The van der Waals surface area contributed by atoms with Crippen LogP contribution in [0.25, 0.3) is 22.3 Å². The Hall–Kier alpha value is -4.72. The van der Waals surface area contributed by atoms with Gasteiger partial charge in [0.25, 0.3) is 0 Å². The van der Waals surface area contributed by atoms with Gasteiger partial charge in [-0.1, -0.05) is 51.5 Å². The van der Waals surface area contributed by atoms with E-state index in [1.165, 1.54) is 17.2 Å². The van der Waals surface area contributed by atoms with E-state index in [9.17, 15) is 24.9 Å². The molecule has 0 radical (unpaired) electrons. The SMILES string of the molecule is COc1cccc(-c2cc(=O)c3ccc(OC)cc3o2)c1.Cc1c(O)c(O)cc2c1CC=C1C2(C)CCC2(C)C3CC(C)(C(=O)O)CCC3(C)CCC12C. The van der Waals surface area contributed by atoms with E-state index >= 15 is 0 Å². The monoisotopic (exact) mass is 734 g/mol. The fourth-order valence-corrected chi connectivity index (χ4v) is 11.1. The van der Waals surface area contributed by atoms with E-state index in [1.54, 1.807) is 32.4 Å². The van der Waals surface area contributed by atoms with Gasteiger partial charge in [0.2, 0.25) is 0 Å². The molecule has 6 unspecified atom stereocenters. The Balaban J connectivity index is 0.000000184. The predicted molar refractivity (Wildman–Crippen MR) is 211 cm³/mol. The number of phenols is 2. The van der Waals surface area contributed by atoms with E-state index < -0.39 is 11.4 Å². The Morgan fingerprint density at radius 2 is 1.56 bits per heavy atom. The molecule has 0 amide bonds. The summed E-state index contributed by atoms with van der Waals surface area (Å²) in [5.74, 6) is 1.57. The third kappa shape index (κ3) is 5.62. The number of ether oxygens (including phenoxy) is 2. The molecule has 4 aromatic rings. The summed E-state index contributed by atoms with van der Waals surface area (Å²) in [5, 5.41) is 31.4. The van der Waals surface area contributed by atoms with Crippen molar-refractivity contribution in [3.05, 3.63) is 93.2 Å². The van der Waals surface area contributed by atoms with E-state index in [2.05, 4.69) is 33.8 Å². The molecule has 8 nitrogen and oxygen atoms in total. The van der Waals surface area contributed by atoms with Crippen molar-refractivity contribution in [2.24, 2.45) is 27.6 Å². The molecule has 3 aromatic carbocycles. The number of carboxylic acid groups (broad SMARTS) is 1. The minimum Gasteiger partial charge on any atom is -0.504 e. The number of rotatable bonds is 4. The van der Waals surface area contributed by atoms with Crippen LogP contribution in [0.3, 0.4) is 0 Å². The number of carbonyl (C=O) groups is 1.